The Morgan fingerprint density at radius 1 is 1.42 bits per heavy atom. The number of anilines is 1. The monoisotopic (exact) mass is 275 g/mol. The van der Waals surface area contributed by atoms with E-state index in [4.69, 9.17) is 10.8 Å². The standard InChI is InChI=1S/C13H13N3O2S/c14-9-4-2-1-3-8(9)12-15-10-5-6-16(13(17)18)7-11(10)19-12/h1-4H,5-7,14H2,(H,17,18). The van der Waals surface area contributed by atoms with Crippen molar-refractivity contribution in [2.24, 2.45) is 0 Å². The van der Waals surface area contributed by atoms with Crippen LogP contribution in [-0.4, -0.2) is 27.6 Å². The predicted octanol–water partition coefficient (Wildman–Crippen LogP) is 2.43. The molecule has 1 aromatic carbocycles. The molecular weight excluding hydrogens is 262 g/mol. The number of rotatable bonds is 1. The van der Waals surface area contributed by atoms with E-state index >= 15 is 0 Å². The minimum Gasteiger partial charge on any atom is -0.465 e. The molecule has 0 saturated carbocycles. The Hall–Kier alpha value is -2.08. The molecule has 0 unspecified atom stereocenters. The molecular formula is C13H13N3O2S. The molecule has 2 aromatic rings. The first-order chi connectivity index (χ1) is 9.15. The molecule has 19 heavy (non-hydrogen) atoms. The van der Waals surface area contributed by atoms with Gasteiger partial charge in [0.2, 0.25) is 0 Å². The van der Waals surface area contributed by atoms with Crippen molar-refractivity contribution in [3.8, 4) is 10.6 Å². The fourth-order valence-corrected chi connectivity index (χ4v) is 3.34. The van der Waals surface area contributed by atoms with Crippen LogP contribution in [0.2, 0.25) is 0 Å². The lowest BCUT2D eigenvalue weighted by atomic mass is 10.1. The SMILES string of the molecule is Nc1ccccc1-c1nc2c(s1)CN(C(=O)O)CC2. The number of nitrogens with zero attached hydrogens (tertiary/aromatic N) is 2. The van der Waals surface area contributed by atoms with Crippen molar-refractivity contribution in [2.45, 2.75) is 13.0 Å². The summed E-state index contributed by atoms with van der Waals surface area (Å²) in [7, 11) is 0. The Kier molecular flexibility index (Phi) is 2.87. The van der Waals surface area contributed by atoms with Crippen LogP contribution in [0.5, 0.6) is 0 Å². The number of carboxylic acid groups (broad SMARTS) is 1. The molecule has 1 aliphatic heterocycles. The summed E-state index contributed by atoms with van der Waals surface area (Å²) in [6, 6.07) is 7.60. The van der Waals surface area contributed by atoms with Crippen molar-refractivity contribution in [3.05, 3.63) is 34.8 Å². The second-order valence-corrected chi connectivity index (χ2v) is 5.51. The number of thiazole rings is 1. The molecule has 5 nitrogen and oxygen atoms in total. The van der Waals surface area contributed by atoms with E-state index in [0.717, 1.165) is 21.1 Å². The summed E-state index contributed by atoms with van der Waals surface area (Å²) in [5, 5.41) is 9.89. The highest BCUT2D eigenvalue weighted by Crippen LogP contribution is 2.34. The molecule has 0 fully saturated rings. The van der Waals surface area contributed by atoms with E-state index in [2.05, 4.69) is 4.98 Å². The van der Waals surface area contributed by atoms with Crippen LogP contribution in [0, 0.1) is 0 Å². The fraction of sp³-hybridized carbons (Fsp3) is 0.231. The van der Waals surface area contributed by atoms with Gasteiger partial charge in [0.05, 0.1) is 12.2 Å². The van der Waals surface area contributed by atoms with Gasteiger partial charge in [0, 0.05) is 29.1 Å². The number of hydrogen-bond acceptors (Lipinski definition) is 4. The summed E-state index contributed by atoms with van der Waals surface area (Å²) in [5.41, 5.74) is 8.57. The Balaban J connectivity index is 1.96. The second kappa shape index (κ2) is 4.55. The van der Waals surface area contributed by atoms with Crippen LogP contribution in [-0.2, 0) is 13.0 Å². The molecule has 6 heteroatoms. The van der Waals surface area contributed by atoms with Gasteiger partial charge in [-0.1, -0.05) is 12.1 Å². The van der Waals surface area contributed by atoms with Gasteiger partial charge in [-0.25, -0.2) is 9.78 Å². The van der Waals surface area contributed by atoms with E-state index in [1.807, 2.05) is 24.3 Å². The number of para-hydroxylation sites is 1. The van der Waals surface area contributed by atoms with Gasteiger partial charge >= 0.3 is 6.09 Å². The summed E-state index contributed by atoms with van der Waals surface area (Å²) in [4.78, 5) is 18.0. The van der Waals surface area contributed by atoms with Crippen molar-refractivity contribution in [3.63, 3.8) is 0 Å². The third-order valence-corrected chi connectivity index (χ3v) is 4.31. The molecule has 0 aliphatic carbocycles. The van der Waals surface area contributed by atoms with Crippen molar-refractivity contribution in [1.82, 2.24) is 9.88 Å². The number of hydrogen-bond donors (Lipinski definition) is 2. The van der Waals surface area contributed by atoms with Gasteiger partial charge in [0.1, 0.15) is 5.01 Å². The van der Waals surface area contributed by atoms with E-state index in [0.29, 0.717) is 25.2 Å². The molecule has 3 N–H and O–H groups in total. The molecule has 0 spiro atoms. The van der Waals surface area contributed by atoms with Gasteiger partial charge in [0.15, 0.2) is 0 Å². The van der Waals surface area contributed by atoms with Crippen molar-refractivity contribution in [2.75, 3.05) is 12.3 Å². The Bertz CT molecular complexity index is 639. The number of benzene rings is 1. The maximum atomic E-state index is 11.0. The molecule has 0 atom stereocenters. The summed E-state index contributed by atoms with van der Waals surface area (Å²) in [5.74, 6) is 0. The number of nitrogen functional groups attached to an aromatic ring is 1. The smallest absolute Gasteiger partial charge is 0.407 e. The molecule has 1 amide bonds. The maximum absolute atomic E-state index is 11.0. The van der Waals surface area contributed by atoms with Gasteiger partial charge in [-0.2, -0.15) is 0 Å². The summed E-state index contributed by atoms with van der Waals surface area (Å²) in [6.45, 7) is 0.935. The van der Waals surface area contributed by atoms with Crippen LogP contribution in [0.15, 0.2) is 24.3 Å². The first-order valence-corrected chi connectivity index (χ1v) is 6.78. The molecule has 98 valence electrons. The van der Waals surface area contributed by atoms with Gasteiger partial charge in [0.25, 0.3) is 0 Å². The number of fused-ring (bicyclic) bond motifs is 1. The zero-order chi connectivity index (χ0) is 13.4. The van der Waals surface area contributed by atoms with Gasteiger partial charge in [-0.05, 0) is 12.1 Å². The van der Waals surface area contributed by atoms with Crippen molar-refractivity contribution < 1.29 is 9.90 Å². The average molecular weight is 275 g/mol. The van der Waals surface area contributed by atoms with Crippen molar-refractivity contribution in [1.29, 1.82) is 0 Å². The van der Waals surface area contributed by atoms with Gasteiger partial charge in [-0.3, -0.25) is 0 Å². The summed E-state index contributed by atoms with van der Waals surface area (Å²) < 4.78 is 0. The lowest BCUT2D eigenvalue weighted by Crippen LogP contribution is -2.34. The number of nitrogens with two attached hydrogens (primary N) is 1. The van der Waals surface area contributed by atoms with Crippen LogP contribution < -0.4 is 5.73 Å². The number of amides is 1. The van der Waals surface area contributed by atoms with E-state index < -0.39 is 6.09 Å². The molecule has 0 bridgehead atoms. The molecule has 0 radical (unpaired) electrons. The largest absolute Gasteiger partial charge is 0.465 e. The quantitative estimate of drug-likeness (QED) is 0.783. The minimum atomic E-state index is -0.875. The van der Waals surface area contributed by atoms with Crippen LogP contribution in [0.4, 0.5) is 10.5 Å². The van der Waals surface area contributed by atoms with Crippen LogP contribution in [0.1, 0.15) is 10.6 Å². The lowest BCUT2D eigenvalue weighted by Gasteiger charge is -2.22. The fourth-order valence-electron chi connectivity index (χ4n) is 2.17. The lowest BCUT2D eigenvalue weighted by molar-refractivity contribution is 0.140. The highest BCUT2D eigenvalue weighted by Gasteiger charge is 2.24. The first kappa shape index (κ1) is 12.0. The molecule has 1 aromatic heterocycles. The highest BCUT2D eigenvalue weighted by atomic mass is 32.1. The molecule has 0 saturated heterocycles. The zero-order valence-corrected chi connectivity index (χ0v) is 11.0. The van der Waals surface area contributed by atoms with E-state index in [1.165, 1.54) is 16.2 Å². The minimum absolute atomic E-state index is 0.426. The average Bonchev–Trinajstić information content (AvgIpc) is 2.81. The highest BCUT2D eigenvalue weighted by molar-refractivity contribution is 7.15. The normalized spacial score (nSPS) is 14.2. The van der Waals surface area contributed by atoms with Gasteiger partial charge in [-0.15, -0.1) is 11.3 Å². The van der Waals surface area contributed by atoms with Crippen LogP contribution >= 0.6 is 11.3 Å². The molecule has 2 heterocycles. The van der Waals surface area contributed by atoms with E-state index in [9.17, 15) is 4.79 Å². The van der Waals surface area contributed by atoms with Crippen molar-refractivity contribution >= 4 is 23.1 Å². The summed E-state index contributed by atoms with van der Waals surface area (Å²) >= 11 is 1.53. The van der Waals surface area contributed by atoms with Crippen LogP contribution in [0.25, 0.3) is 10.6 Å². The van der Waals surface area contributed by atoms with Gasteiger partial charge < -0.3 is 15.7 Å². The first-order valence-electron chi connectivity index (χ1n) is 5.96. The van der Waals surface area contributed by atoms with Crippen LogP contribution in [0.3, 0.4) is 0 Å². The second-order valence-electron chi connectivity index (χ2n) is 4.43. The topological polar surface area (TPSA) is 79.5 Å². The molecule has 1 aliphatic rings. The maximum Gasteiger partial charge on any atom is 0.407 e. The van der Waals surface area contributed by atoms with E-state index in [-0.39, 0.29) is 0 Å². The predicted molar refractivity (Wildman–Crippen MR) is 74.1 cm³/mol. The Morgan fingerprint density at radius 2 is 2.21 bits per heavy atom. The summed E-state index contributed by atoms with van der Waals surface area (Å²) in [6.07, 6.45) is -0.204. The Labute approximate surface area is 114 Å². The third kappa shape index (κ3) is 2.15. The Morgan fingerprint density at radius 3 is 2.95 bits per heavy atom. The zero-order valence-electron chi connectivity index (χ0n) is 10.2. The third-order valence-electron chi connectivity index (χ3n) is 3.19. The van der Waals surface area contributed by atoms with E-state index in [1.54, 1.807) is 0 Å². The number of aromatic nitrogens is 1. The number of carbonyl (C=O) groups is 1. The molecule has 3 rings (SSSR count).